The third-order valence-corrected chi connectivity index (χ3v) is 2.16. The molecule has 84 valence electrons. The molecule has 0 aliphatic heterocycles. The molecular formula is C10H22N2O2. The minimum absolute atomic E-state index is 0.000163. The predicted molar refractivity (Wildman–Crippen MR) is 56.8 cm³/mol. The fourth-order valence-corrected chi connectivity index (χ4v) is 1.17. The molecule has 0 spiro atoms. The lowest BCUT2D eigenvalue weighted by molar-refractivity contribution is -0.123. The third-order valence-electron chi connectivity index (χ3n) is 2.16. The van der Waals surface area contributed by atoms with Crippen molar-refractivity contribution in [3.05, 3.63) is 0 Å². The van der Waals surface area contributed by atoms with E-state index in [1.54, 1.807) is 0 Å². The Bertz CT molecular complexity index is 162. The molecule has 0 rings (SSSR count). The van der Waals surface area contributed by atoms with Crippen molar-refractivity contribution >= 4 is 5.91 Å². The van der Waals surface area contributed by atoms with Gasteiger partial charge < -0.3 is 16.2 Å². The lowest BCUT2D eigenvalue weighted by Gasteiger charge is -2.16. The topological polar surface area (TPSA) is 75.4 Å². The number of amides is 1. The fourth-order valence-electron chi connectivity index (χ4n) is 1.17. The summed E-state index contributed by atoms with van der Waals surface area (Å²) in [5.41, 5.74) is 5.67. The van der Waals surface area contributed by atoms with Crippen LogP contribution in [0.5, 0.6) is 0 Å². The van der Waals surface area contributed by atoms with Crippen molar-refractivity contribution in [2.45, 2.75) is 51.6 Å². The molecule has 4 heteroatoms. The number of aliphatic hydroxyl groups excluding tert-OH is 1. The van der Waals surface area contributed by atoms with Gasteiger partial charge in [-0.3, -0.25) is 4.79 Å². The first-order chi connectivity index (χ1) is 6.61. The summed E-state index contributed by atoms with van der Waals surface area (Å²) in [6, 6.07) is -0.406. The van der Waals surface area contributed by atoms with E-state index < -0.39 is 6.04 Å². The molecule has 0 aliphatic carbocycles. The Morgan fingerprint density at radius 1 is 1.50 bits per heavy atom. The van der Waals surface area contributed by atoms with Crippen LogP contribution in [0, 0.1) is 0 Å². The molecule has 0 heterocycles. The first kappa shape index (κ1) is 13.4. The van der Waals surface area contributed by atoms with Gasteiger partial charge in [0.05, 0.1) is 6.04 Å². The van der Waals surface area contributed by atoms with Crippen molar-refractivity contribution < 1.29 is 9.90 Å². The van der Waals surface area contributed by atoms with Crippen molar-refractivity contribution in [3.63, 3.8) is 0 Å². The molecular weight excluding hydrogens is 180 g/mol. The minimum Gasteiger partial charge on any atom is -0.396 e. The van der Waals surface area contributed by atoms with Gasteiger partial charge in [0.1, 0.15) is 0 Å². The highest BCUT2D eigenvalue weighted by molar-refractivity contribution is 5.81. The highest BCUT2D eigenvalue weighted by atomic mass is 16.3. The molecule has 4 N–H and O–H groups in total. The molecule has 0 bridgehead atoms. The fraction of sp³-hybridized carbons (Fsp3) is 0.900. The molecule has 4 nitrogen and oxygen atoms in total. The minimum atomic E-state index is -0.406. The summed E-state index contributed by atoms with van der Waals surface area (Å²) in [6.45, 7) is 4.02. The number of unbranched alkanes of at least 4 members (excludes halogenated alkanes) is 1. The molecule has 2 atom stereocenters. The van der Waals surface area contributed by atoms with Gasteiger partial charge in [-0.1, -0.05) is 19.8 Å². The number of hydrogen-bond donors (Lipinski definition) is 3. The normalized spacial score (nSPS) is 14.9. The van der Waals surface area contributed by atoms with Crippen LogP contribution in [0.2, 0.25) is 0 Å². The molecule has 0 aliphatic rings. The first-order valence-corrected chi connectivity index (χ1v) is 5.28. The highest BCUT2D eigenvalue weighted by Crippen LogP contribution is 1.99. The van der Waals surface area contributed by atoms with Crippen LogP contribution >= 0.6 is 0 Å². The summed E-state index contributed by atoms with van der Waals surface area (Å²) >= 11 is 0. The molecule has 0 aromatic heterocycles. The molecule has 14 heavy (non-hydrogen) atoms. The second kappa shape index (κ2) is 7.76. The molecule has 0 aromatic rings. The van der Waals surface area contributed by atoms with Crippen LogP contribution in [-0.4, -0.2) is 29.7 Å². The molecule has 0 saturated heterocycles. The second-order valence-corrected chi connectivity index (χ2v) is 3.67. The maximum atomic E-state index is 11.4. The van der Waals surface area contributed by atoms with Gasteiger partial charge in [-0.2, -0.15) is 0 Å². The van der Waals surface area contributed by atoms with Crippen molar-refractivity contribution in [3.8, 4) is 0 Å². The lowest BCUT2D eigenvalue weighted by atomic mass is 10.1. The van der Waals surface area contributed by atoms with E-state index in [1.807, 2.05) is 6.92 Å². The van der Waals surface area contributed by atoms with E-state index in [9.17, 15) is 4.79 Å². The molecule has 0 aromatic carbocycles. The summed E-state index contributed by atoms with van der Waals surface area (Å²) in [5.74, 6) is -0.112. The van der Waals surface area contributed by atoms with Gasteiger partial charge in [0, 0.05) is 12.6 Å². The van der Waals surface area contributed by atoms with Crippen LogP contribution in [0.1, 0.15) is 39.5 Å². The van der Waals surface area contributed by atoms with Gasteiger partial charge in [-0.05, 0) is 19.8 Å². The van der Waals surface area contributed by atoms with Gasteiger partial charge in [0.15, 0.2) is 0 Å². The predicted octanol–water partition coefficient (Wildman–Crippen LogP) is 0.391. The number of rotatable bonds is 7. The number of hydrogen-bond acceptors (Lipinski definition) is 3. The molecule has 1 unspecified atom stereocenters. The maximum absolute atomic E-state index is 11.4. The zero-order valence-corrected chi connectivity index (χ0v) is 9.12. The second-order valence-electron chi connectivity index (χ2n) is 3.67. The largest absolute Gasteiger partial charge is 0.396 e. The Labute approximate surface area is 85.9 Å². The quantitative estimate of drug-likeness (QED) is 0.559. The van der Waals surface area contributed by atoms with E-state index in [4.69, 9.17) is 10.8 Å². The Balaban J connectivity index is 3.71. The van der Waals surface area contributed by atoms with Gasteiger partial charge in [0.2, 0.25) is 5.91 Å². The summed E-state index contributed by atoms with van der Waals surface area (Å²) in [7, 11) is 0. The van der Waals surface area contributed by atoms with Gasteiger partial charge in [0.25, 0.3) is 0 Å². The van der Waals surface area contributed by atoms with Crippen molar-refractivity contribution in [2.24, 2.45) is 5.73 Å². The monoisotopic (exact) mass is 202 g/mol. The number of nitrogens with two attached hydrogens (primary N) is 1. The standard InChI is InChI=1S/C10H22N2O2/c1-3-4-5-9(11)10(14)12-8(2)6-7-13/h8-9,13H,3-7,11H2,1-2H3,(H,12,14)/t8?,9-/m0/s1. The van der Waals surface area contributed by atoms with Crippen LogP contribution in [0.4, 0.5) is 0 Å². The Morgan fingerprint density at radius 2 is 2.14 bits per heavy atom. The molecule has 0 fully saturated rings. The van der Waals surface area contributed by atoms with Gasteiger partial charge in [-0.25, -0.2) is 0 Å². The number of aliphatic hydroxyl groups is 1. The number of carbonyl (C=O) groups excluding carboxylic acids is 1. The molecule has 1 amide bonds. The smallest absolute Gasteiger partial charge is 0.237 e. The summed E-state index contributed by atoms with van der Waals surface area (Å²) in [6.07, 6.45) is 3.33. The van der Waals surface area contributed by atoms with E-state index in [2.05, 4.69) is 12.2 Å². The van der Waals surface area contributed by atoms with E-state index in [1.165, 1.54) is 0 Å². The number of nitrogens with one attached hydrogen (secondary N) is 1. The Morgan fingerprint density at radius 3 is 2.64 bits per heavy atom. The van der Waals surface area contributed by atoms with Crippen LogP contribution < -0.4 is 11.1 Å². The summed E-state index contributed by atoms with van der Waals surface area (Å²) < 4.78 is 0. The number of carbonyl (C=O) groups is 1. The van der Waals surface area contributed by atoms with E-state index in [0.29, 0.717) is 6.42 Å². The first-order valence-electron chi connectivity index (χ1n) is 5.28. The van der Waals surface area contributed by atoms with Crippen molar-refractivity contribution in [1.29, 1.82) is 0 Å². The van der Waals surface area contributed by atoms with Crippen LogP contribution in [0.25, 0.3) is 0 Å². The van der Waals surface area contributed by atoms with Gasteiger partial charge >= 0.3 is 0 Å². The zero-order valence-electron chi connectivity index (χ0n) is 9.12. The summed E-state index contributed by atoms with van der Waals surface area (Å²) in [4.78, 5) is 11.4. The average Bonchev–Trinajstić information content (AvgIpc) is 2.14. The third kappa shape index (κ3) is 5.94. The van der Waals surface area contributed by atoms with E-state index in [0.717, 1.165) is 19.3 Å². The van der Waals surface area contributed by atoms with Crippen LogP contribution in [0.3, 0.4) is 0 Å². The van der Waals surface area contributed by atoms with E-state index in [-0.39, 0.29) is 18.6 Å². The Hall–Kier alpha value is -0.610. The van der Waals surface area contributed by atoms with E-state index >= 15 is 0 Å². The maximum Gasteiger partial charge on any atom is 0.237 e. The molecule has 0 radical (unpaired) electrons. The van der Waals surface area contributed by atoms with Crippen molar-refractivity contribution in [2.75, 3.05) is 6.61 Å². The molecule has 0 saturated carbocycles. The Kier molecular flexibility index (Phi) is 7.42. The average molecular weight is 202 g/mol. The van der Waals surface area contributed by atoms with Crippen molar-refractivity contribution in [1.82, 2.24) is 5.32 Å². The zero-order chi connectivity index (χ0) is 11.0. The van der Waals surface area contributed by atoms with Crippen LogP contribution in [-0.2, 0) is 4.79 Å². The van der Waals surface area contributed by atoms with Gasteiger partial charge in [-0.15, -0.1) is 0 Å². The highest BCUT2D eigenvalue weighted by Gasteiger charge is 2.14. The lowest BCUT2D eigenvalue weighted by Crippen LogP contribution is -2.44. The SMILES string of the molecule is CCCC[C@H](N)C(=O)NC(C)CCO. The van der Waals surface area contributed by atoms with Crippen LogP contribution in [0.15, 0.2) is 0 Å². The summed E-state index contributed by atoms with van der Waals surface area (Å²) in [5, 5.41) is 11.4.